The Morgan fingerprint density at radius 1 is 1.25 bits per heavy atom. The van der Waals surface area contributed by atoms with Crippen LogP contribution in [-0.4, -0.2) is 35.6 Å². The number of likely N-dealkylation sites (tertiary alicyclic amines) is 1. The molecule has 0 spiro atoms. The SMILES string of the molecule is CC(C)(C)c1ccc(NCC2CCN(C3CC3)C2)nc1. The van der Waals surface area contributed by atoms with E-state index in [1.54, 1.807) is 0 Å². The van der Waals surface area contributed by atoms with Gasteiger partial charge in [0.2, 0.25) is 0 Å². The van der Waals surface area contributed by atoms with Crippen molar-refractivity contribution in [2.75, 3.05) is 25.0 Å². The summed E-state index contributed by atoms with van der Waals surface area (Å²) in [5.74, 6) is 1.81. The number of rotatable bonds is 4. The molecule has 2 heterocycles. The van der Waals surface area contributed by atoms with Crippen LogP contribution < -0.4 is 5.32 Å². The molecule has 3 heteroatoms. The number of anilines is 1. The summed E-state index contributed by atoms with van der Waals surface area (Å²) in [6, 6.07) is 5.23. The molecule has 0 radical (unpaired) electrons. The maximum Gasteiger partial charge on any atom is 0.125 e. The molecule has 1 N–H and O–H groups in total. The van der Waals surface area contributed by atoms with Gasteiger partial charge in [-0.1, -0.05) is 26.8 Å². The number of nitrogens with zero attached hydrogens (tertiary/aromatic N) is 2. The average molecular weight is 273 g/mol. The molecule has 0 amide bonds. The highest BCUT2D eigenvalue weighted by Gasteiger charge is 2.34. The van der Waals surface area contributed by atoms with E-state index in [0.29, 0.717) is 0 Å². The summed E-state index contributed by atoms with van der Waals surface area (Å²) in [6.45, 7) is 10.3. The Morgan fingerprint density at radius 3 is 2.65 bits per heavy atom. The van der Waals surface area contributed by atoms with Crippen molar-refractivity contribution in [3.8, 4) is 0 Å². The summed E-state index contributed by atoms with van der Waals surface area (Å²) >= 11 is 0. The van der Waals surface area contributed by atoms with Gasteiger partial charge in [0.25, 0.3) is 0 Å². The standard InChI is InChI=1S/C17H27N3/c1-17(2,3)14-4-7-16(19-11-14)18-10-13-8-9-20(12-13)15-5-6-15/h4,7,11,13,15H,5-6,8-10,12H2,1-3H3,(H,18,19). The first-order valence-electron chi connectivity index (χ1n) is 7.97. The highest BCUT2D eigenvalue weighted by Crippen LogP contribution is 2.31. The van der Waals surface area contributed by atoms with E-state index in [-0.39, 0.29) is 5.41 Å². The van der Waals surface area contributed by atoms with Crippen LogP contribution in [0.15, 0.2) is 18.3 Å². The molecule has 1 aromatic rings. The number of pyridine rings is 1. The summed E-state index contributed by atoms with van der Waals surface area (Å²) in [5.41, 5.74) is 1.48. The first-order valence-corrected chi connectivity index (χ1v) is 7.97. The lowest BCUT2D eigenvalue weighted by molar-refractivity contribution is 0.316. The van der Waals surface area contributed by atoms with Gasteiger partial charge in [-0.05, 0) is 48.8 Å². The molecular formula is C17H27N3. The second-order valence-corrected chi connectivity index (χ2v) is 7.44. The van der Waals surface area contributed by atoms with E-state index in [0.717, 1.165) is 24.3 Å². The van der Waals surface area contributed by atoms with Crippen molar-refractivity contribution in [3.05, 3.63) is 23.9 Å². The predicted molar refractivity (Wildman–Crippen MR) is 84.1 cm³/mol. The Kier molecular flexibility index (Phi) is 3.72. The fourth-order valence-corrected chi connectivity index (χ4v) is 2.99. The fraction of sp³-hybridized carbons (Fsp3) is 0.706. The molecule has 20 heavy (non-hydrogen) atoms. The minimum absolute atomic E-state index is 0.182. The van der Waals surface area contributed by atoms with E-state index >= 15 is 0 Å². The van der Waals surface area contributed by atoms with E-state index in [1.165, 1.54) is 37.9 Å². The van der Waals surface area contributed by atoms with Gasteiger partial charge in [0.05, 0.1) is 0 Å². The predicted octanol–water partition coefficient (Wildman–Crippen LogP) is 3.28. The molecule has 1 unspecified atom stereocenters. The molecule has 1 saturated carbocycles. The molecular weight excluding hydrogens is 246 g/mol. The van der Waals surface area contributed by atoms with Crippen LogP contribution >= 0.6 is 0 Å². The van der Waals surface area contributed by atoms with Gasteiger partial charge in [0.15, 0.2) is 0 Å². The maximum absolute atomic E-state index is 4.55. The van der Waals surface area contributed by atoms with Crippen molar-refractivity contribution in [3.63, 3.8) is 0 Å². The van der Waals surface area contributed by atoms with Crippen molar-refractivity contribution >= 4 is 5.82 Å². The summed E-state index contributed by atoms with van der Waals surface area (Å²) in [5, 5.41) is 3.51. The topological polar surface area (TPSA) is 28.2 Å². The van der Waals surface area contributed by atoms with Crippen LogP contribution in [0.2, 0.25) is 0 Å². The molecule has 2 fully saturated rings. The molecule has 1 aliphatic carbocycles. The molecule has 2 aliphatic rings. The van der Waals surface area contributed by atoms with Gasteiger partial charge in [0.1, 0.15) is 5.82 Å². The third kappa shape index (κ3) is 3.32. The first-order chi connectivity index (χ1) is 9.52. The average Bonchev–Trinajstić information content (AvgIpc) is 3.15. The second-order valence-electron chi connectivity index (χ2n) is 7.44. The zero-order chi connectivity index (χ0) is 14.2. The van der Waals surface area contributed by atoms with Crippen molar-refractivity contribution < 1.29 is 0 Å². The van der Waals surface area contributed by atoms with Crippen LogP contribution in [0.4, 0.5) is 5.82 Å². The van der Waals surface area contributed by atoms with E-state index in [9.17, 15) is 0 Å². The fourth-order valence-electron chi connectivity index (χ4n) is 2.99. The van der Waals surface area contributed by atoms with Gasteiger partial charge >= 0.3 is 0 Å². The molecule has 1 atom stereocenters. The molecule has 3 rings (SSSR count). The van der Waals surface area contributed by atoms with Crippen molar-refractivity contribution in [1.82, 2.24) is 9.88 Å². The number of nitrogens with one attached hydrogen (secondary N) is 1. The van der Waals surface area contributed by atoms with Gasteiger partial charge in [-0.15, -0.1) is 0 Å². The molecule has 3 nitrogen and oxygen atoms in total. The van der Waals surface area contributed by atoms with Crippen LogP contribution in [-0.2, 0) is 5.41 Å². The highest BCUT2D eigenvalue weighted by atomic mass is 15.2. The van der Waals surface area contributed by atoms with Crippen LogP contribution in [0.3, 0.4) is 0 Å². The van der Waals surface area contributed by atoms with Crippen molar-refractivity contribution in [2.24, 2.45) is 5.92 Å². The quantitative estimate of drug-likeness (QED) is 0.912. The smallest absolute Gasteiger partial charge is 0.125 e. The monoisotopic (exact) mass is 273 g/mol. The van der Waals surface area contributed by atoms with Crippen molar-refractivity contribution in [1.29, 1.82) is 0 Å². The number of hydrogen-bond donors (Lipinski definition) is 1. The largest absolute Gasteiger partial charge is 0.370 e. The maximum atomic E-state index is 4.55. The van der Waals surface area contributed by atoms with Crippen LogP contribution in [0.25, 0.3) is 0 Å². The normalized spacial score (nSPS) is 24.1. The van der Waals surface area contributed by atoms with Gasteiger partial charge in [-0.2, -0.15) is 0 Å². The lowest BCUT2D eigenvalue weighted by Gasteiger charge is -2.19. The van der Waals surface area contributed by atoms with Gasteiger partial charge in [0, 0.05) is 25.3 Å². The Balaban J connectivity index is 1.48. The Labute approximate surface area is 122 Å². The van der Waals surface area contributed by atoms with Crippen molar-refractivity contribution in [2.45, 2.75) is 51.5 Å². The van der Waals surface area contributed by atoms with Crippen LogP contribution in [0.1, 0.15) is 45.6 Å². The van der Waals surface area contributed by atoms with Crippen LogP contribution in [0.5, 0.6) is 0 Å². The Morgan fingerprint density at radius 2 is 2.05 bits per heavy atom. The van der Waals surface area contributed by atoms with E-state index in [4.69, 9.17) is 0 Å². The molecule has 1 aromatic heterocycles. The van der Waals surface area contributed by atoms with Gasteiger partial charge < -0.3 is 10.2 Å². The minimum Gasteiger partial charge on any atom is -0.370 e. The lowest BCUT2D eigenvalue weighted by Crippen LogP contribution is -2.25. The number of aromatic nitrogens is 1. The third-order valence-electron chi connectivity index (χ3n) is 4.58. The van der Waals surface area contributed by atoms with Crippen LogP contribution in [0, 0.1) is 5.92 Å². The number of hydrogen-bond acceptors (Lipinski definition) is 3. The zero-order valence-corrected chi connectivity index (χ0v) is 13.0. The second kappa shape index (κ2) is 5.36. The Hall–Kier alpha value is -1.09. The minimum atomic E-state index is 0.182. The zero-order valence-electron chi connectivity index (χ0n) is 13.0. The summed E-state index contributed by atoms with van der Waals surface area (Å²) < 4.78 is 0. The van der Waals surface area contributed by atoms with E-state index < -0.39 is 0 Å². The first kappa shape index (κ1) is 13.9. The summed E-state index contributed by atoms with van der Waals surface area (Å²) in [6.07, 6.45) is 6.20. The summed E-state index contributed by atoms with van der Waals surface area (Å²) in [7, 11) is 0. The molecule has 110 valence electrons. The Bertz CT molecular complexity index is 442. The molecule has 0 bridgehead atoms. The summed E-state index contributed by atoms with van der Waals surface area (Å²) in [4.78, 5) is 7.22. The molecule has 1 saturated heterocycles. The van der Waals surface area contributed by atoms with Gasteiger partial charge in [-0.3, -0.25) is 0 Å². The lowest BCUT2D eigenvalue weighted by atomic mass is 9.88. The molecule has 1 aliphatic heterocycles. The highest BCUT2D eigenvalue weighted by molar-refractivity contribution is 5.37. The third-order valence-corrected chi connectivity index (χ3v) is 4.58. The van der Waals surface area contributed by atoms with E-state index in [2.05, 4.69) is 48.1 Å². The van der Waals surface area contributed by atoms with E-state index in [1.807, 2.05) is 6.20 Å². The molecule has 0 aromatic carbocycles. The van der Waals surface area contributed by atoms with Gasteiger partial charge in [-0.25, -0.2) is 4.98 Å².